The fraction of sp³-hybridized carbons (Fsp3) is 0.750. The molecule has 3 heteroatoms. The Morgan fingerprint density at radius 2 is 2.04 bits per heavy atom. The summed E-state index contributed by atoms with van der Waals surface area (Å²) in [5, 5.41) is 0. The zero-order valence-electron chi connectivity index (χ0n) is 14.7. The molecule has 0 aromatic carbocycles. The molecule has 3 nitrogen and oxygen atoms in total. The van der Waals surface area contributed by atoms with E-state index in [4.69, 9.17) is 9.15 Å². The van der Waals surface area contributed by atoms with Gasteiger partial charge in [0.1, 0.15) is 6.26 Å². The summed E-state index contributed by atoms with van der Waals surface area (Å²) in [6.45, 7) is 9.41. The molecule has 3 aliphatic rings. The van der Waals surface area contributed by atoms with Crippen LogP contribution in [0.3, 0.4) is 0 Å². The SMILES string of the molecule is CC1CCC2(C)C(CCC3OC32C)C1(C)CC(=O)c1ccoc1. The van der Waals surface area contributed by atoms with Gasteiger partial charge in [0.15, 0.2) is 5.78 Å². The maximum absolute atomic E-state index is 12.8. The molecule has 1 aliphatic heterocycles. The number of carbonyl (C=O) groups is 1. The Morgan fingerprint density at radius 3 is 2.74 bits per heavy atom. The monoisotopic (exact) mass is 316 g/mol. The average Bonchev–Trinajstić information content (AvgIpc) is 2.96. The van der Waals surface area contributed by atoms with Gasteiger partial charge < -0.3 is 9.15 Å². The van der Waals surface area contributed by atoms with Gasteiger partial charge in [-0.2, -0.15) is 0 Å². The Kier molecular flexibility index (Phi) is 3.17. The van der Waals surface area contributed by atoms with Crippen molar-refractivity contribution in [1.29, 1.82) is 0 Å². The summed E-state index contributed by atoms with van der Waals surface area (Å²) in [7, 11) is 0. The van der Waals surface area contributed by atoms with Gasteiger partial charge in [0, 0.05) is 11.8 Å². The van der Waals surface area contributed by atoms with E-state index >= 15 is 0 Å². The molecule has 2 heterocycles. The Labute approximate surface area is 138 Å². The third-order valence-corrected chi connectivity index (χ3v) is 7.97. The average molecular weight is 316 g/mol. The van der Waals surface area contributed by atoms with Gasteiger partial charge in [0.25, 0.3) is 0 Å². The number of hydrogen-bond donors (Lipinski definition) is 0. The molecule has 6 atom stereocenters. The van der Waals surface area contributed by atoms with E-state index in [9.17, 15) is 4.79 Å². The fourth-order valence-corrected chi connectivity index (χ4v) is 5.92. The fourth-order valence-electron chi connectivity index (χ4n) is 5.92. The highest BCUT2D eigenvalue weighted by Gasteiger charge is 2.71. The summed E-state index contributed by atoms with van der Waals surface area (Å²) in [5.41, 5.74) is 0.999. The Balaban J connectivity index is 1.66. The number of epoxide rings is 1. The van der Waals surface area contributed by atoms with Gasteiger partial charge in [-0.15, -0.1) is 0 Å². The van der Waals surface area contributed by atoms with Gasteiger partial charge >= 0.3 is 0 Å². The second-order valence-corrected chi connectivity index (χ2v) is 8.82. The maximum Gasteiger partial charge on any atom is 0.166 e. The van der Waals surface area contributed by atoms with Crippen LogP contribution in [0.25, 0.3) is 0 Å². The first-order valence-electron chi connectivity index (χ1n) is 9.04. The van der Waals surface area contributed by atoms with E-state index in [2.05, 4.69) is 27.7 Å². The lowest BCUT2D eigenvalue weighted by atomic mass is 9.44. The van der Waals surface area contributed by atoms with Crippen LogP contribution in [0.4, 0.5) is 0 Å². The molecule has 0 N–H and O–H groups in total. The highest BCUT2D eigenvalue weighted by atomic mass is 16.6. The van der Waals surface area contributed by atoms with Crippen molar-refractivity contribution in [2.24, 2.45) is 22.7 Å². The van der Waals surface area contributed by atoms with Gasteiger partial charge in [0.2, 0.25) is 0 Å². The molecule has 2 saturated carbocycles. The summed E-state index contributed by atoms with van der Waals surface area (Å²) >= 11 is 0. The number of ether oxygens (including phenoxy) is 1. The summed E-state index contributed by atoms with van der Waals surface area (Å²) in [6.07, 6.45) is 9.00. The van der Waals surface area contributed by atoms with Crippen LogP contribution in [-0.4, -0.2) is 17.5 Å². The van der Waals surface area contributed by atoms with Crippen molar-refractivity contribution in [2.75, 3.05) is 0 Å². The molecule has 1 aromatic rings. The molecule has 3 fully saturated rings. The maximum atomic E-state index is 12.8. The van der Waals surface area contributed by atoms with E-state index in [-0.39, 0.29) is 22.2 Å². The minimum Gasteiger partial charge on any atom is -0.472 e. The Morgan fingerprint density at radius 1 is 1.26 bits per heavy atom. The number of ketones is 1. The number of fused-ring (bicyclic) bond motifs is 3. The summed E-state index contributed by atoms with van der Waals surface area (Å²) in [6, 6.07) is 1.79. The molecule has 1 saturated heterocycles. The predicted molar refractivity (Wildman–Crippen MR) is 88.3 cm³/mol. The van der Waals surface area contributed by atoms with E-state index in [0.717, 1.165) is 6.42 Å². The largest absolute Gasteiger partial charge is 0.472 e. The van der Waals surface area contributed by atoms with Gasteiger partial charge in [0.05, 0.1) is 23.5 Å². The van der Waals surface area contributed by atoms with E-state index in [1.54, 1.807) is 18.6 Å². The minimum absolute atomic E-state index is 0.0377. The van der Waals surface area contributed by atoms with Crippen molar-refractivity contribution in [3.05, 3.63) is 24.2 Å². The summed E-state index contributed by atoms with van der Waals surface area (Å²) < 4.78 is 11.3. The lowest BCUT2D eigenvalue weighted by Crippen LogP contribution is -2.56. The zero-order valence-corrected chi connectivity index (χ0v) is 14.7. The van der Waals surface area contributed by atoms with Crippen molar-refractivity contribution in [3.8, 4) is 0 Å². The third-order valence-electron chi connectivity index (χ3n) is 7.97. The molecular formula is C20H28O3. The van der Waals surface area contributed by atoms with E-state index in [1.807, 2.05) is 0 Å². The van der Waals surface area contributed by atoms with Crippen LogP contribution >= 0.6 is 0 Å². The van der Waals surface area contributed by atoms with Gasteiger partial charge in [-0.1, -0.05) is 20.8 Å². The molecular weight excluding hydrogens is 288 g/mol. The molecule has 23 heavy (non-hydrogen) atoms. The predicted octanol–water partition coefficient (Wildman–Crippen LogP) is 4.86. The highest BCUT2D eigenvalue weighted by Crippen LogP contribution is 2.70. The van der Waals surface area contributed by atoms with Crippen molar-refractivity contribution in [2.45, 2.75) is 71.5 Å². The lowest BCUT2D eigenvalue weighted by Gasteiger charge is -2.58. The van der Waals surface area contributed by atoms with Gasteiger partial charge in [-0.3, -0.25) is 4.79 Å². The molecule has 0 bridgehead atoms. The molecule has 0 spiro atoms. The molecule has 4 rings (SSSR count). The van der Waals surface area contributed by atoms with E-state index in [1.165, 1.54) is 19.3 Å². The van der Waals surface area contributed by atoms with Gasteiger partial charge in [-0.25, -0.2) is 0 Å². The number of carbonyl (C=O) groups excluding carboxylic acids is 1. The van der Waals surface area contributed by atoms with Crippen LogP contribution in [0.1, 0.15) is 70.2 Å². The molecule has 0 radical (unpaired) electrons. The molecule has 6 unspecified atom stereocenters. The van der Waals surface area contributed by atoms with Crippen molar-refractivity contribution in [3.63, 3.8) is 0 Å². The molecule has 2 aliphatic carbocycles. The number of Topliss-reactive ketones (excluding diaryl/α,β-unsaturated/α-hetero) is 1. The highest BCUT2D eigenvalue weighted by molar-refractivity contribution is 5.96. The van der Waals surface area contributed by atoms with Crippen molar-refractivity contribution in [1.82, 2.24) is 0 Å². The first-order valence-corrected chi connectivity index (χ1v) is 9.04. The molecule has 126 valence electrons. The molecule has 0 amide bonds. The van der Waals surface area contributed by atoms with Crippen LogP contribution in [0.15, 0.2) is 23.0 Å². The second kappa shape index (κ2) is 4.72. The van der Waals surface area contributed by atoms with Crippen LogP contribution < -0.4 is 0 Å². The smallest absolute Gasteiger partial charge is 0.166 e. The molecule has 1 aromatic heterocycles. The number of rotatable bonds is 3. The van der Waals surface area contributed by atoms with E-state index in [0.29, 0.717) is 29.9 Å². The second-order valence-electron chi connectivity index (χ2n) is 8.82. The number of furan rings is 1. The first-order chi connectivity index (χ1) is 10.8. The lowest BCUT2D eigenvalue weighted by molar-refractivity contribution is -0.0973. The Bertz CT molecular complexity index is 621. The topological polar surface area (TPSA) is 42.7 Å². The Hall–Kier alpha value is -1.09. The van der Waals surface area contributed by atoms with E-state index < -0.39 is 0 Å². The zero-order chi connectivity index (χ0) is 16.5. The first kappa shape index (κ1) is 15.4. The third kappa shape index (κ3) is 1.95. The summed E-state index contributed by atoms with van der Waals surface area (Å²) in [5.74, 6) is 1.34. The quantitative estimate of drug-likeness (QED) is 0.590. The van der Waals surface area contributed by atoms with Crippen LogP contribution in [-0.2, 0) is 4.74 Å². The van der Waals surface area contributed by atoms with Crippen LogP contribution in [0.5, 0.6) is 0 Å². The van der Waals surface area contributed by atoms with Crippen molar-refractivity contribution < 1.29 is 13.9 Å². The van der Waals surface area contributed by atoms with Crippen LogP contribution in [0, 0.1) is 22.7 Å². The summed E-state index contributed by atoms with van der Waals surface area (Å²) in [4.78, 5) is 12.8. The number of hydrogen-bond acceptors (Lipinski definition) is 3. The van der Waals surface area contributed by atoms with Crippen molar-refractivity contribution >= 4 is 5.78 Å². The normalized spacial score (nSPS) is 48.4. The standard InChI is InChI=1S/C20H28O3/c1-13-7-9-19(3)16(5-6-17-20(19,4)23-17)18(13,2)11-15(21)14-8-10-22-12-14/h8,10,12-13,16-17H,5-7,9,11H2,1-4H3. The van der Waals surface area contributed by atoms with Gasteiger partial charge in [-0.05, 0) is 55.9 Å². The minimum atomic E-state index is 0.0377. The van der Waals surface area contributed by atoms with Crippen LogP contribution in [0.2, 0.25) is 0 Å².